The minimum Gasteiger partial charge on any atom is -0.496 e. The van der Waals surface area contributed by atoms with Crippen molar-refractivity contribution in [2.75, 3.05) is 59.7 Å². The molecule has 0 aliphatic carbocycles. The lowest BCUT2D eigenvalue weighted by molar-refractivity contribution is 0.0339. The third kappa shape index (κ3) is 7.99. The summed E-state index contributed by atoms with van der Waals surface area (Å²) in [5.41, 5.74) is 6.14. The molecule has 7 heteroatoms. The van der Waals surface area contributed by atoms with Gasteiger partial charge in [-0.3, -0.25) is 9.80 Å². The second kappa shape index (κ2) is 15.3. The van der Waals surface area contributed by atoms with Crippen molar-refractivity contribution in [2.24, 2.45) is 0 Å². The number of nitrogens with zero attached hydrogens (tertiary/aromatic N) is 2. The summed E-state index contributed by atoms with van der Waals surface area (Å²) in [5.74, 6) is 2.76. The predicted octanol–water partition coefficient (Wildman–Crippen LogP) is 8.05. The molecule has 47 heavy (non-hydrogen) atoms. The van der Waals surface area contributed by atoms with E-state index in [0.717, 1.165) is 75.2 Å². The van der Waals surface area contributed by atoms with Crippen molar-refractivity contribution in [1.82, 2.24) is 9.80 Å². The highest BCUT2D eigenvalue weighted by molar-refractivity contribution is 7.22. The lowest BCUT2D eigenvalue weighted by atomic mass is 9.97. The first-order valence-corrected chi connectivity index (χ1v) is 17.7. The predicted molar refractivity (Wildman–Crippen MR) is 191 cm³/mol. The quantitative estimate of drug-likeness (QED) is 0.129. The SMILES string of the molecule is COc1cc(Cc2c(-c3ccc(OCCN4CCCC4)cc3)sc3cc(OCc4ccccc4)ccc23)ccc1CN1CCOCC1. The number of thiophene rings is 1. The highest BCUT2D eigenvalue weighted by Gasteiger charge is 2.18. The molecule has 244 valence electrons. The zero-order valence-electron chi connectivity index (χ0n) is 27.3. The largest absolute Gasteiger partial charge is 0.496 e. The number of methoxy groups -OCH3 is 1. The minimum absolute atomic E-state index is 0.549. The summed E-state index contributed by atoms with van der Waals surface area (Å²) in [6.07, 6.45) is 3.41. The zero-order chi connectivity index (χ0) is 31.8. The Kier molecular flexibility index (Phi) is 10.4. The first-order chi connectivity index (χ1) is 23.2. The second-order valence-corrected chi connectivity index (χ2v) is 13.5. The number of rotatable bonds is 13. The topological polar surface area (TPSA) is 43.4 Å². The third-order valence-corrected chi connectivity index (χ3v) is 10.5. The molecule has 1 aromatic heterocycles. The van der Waals surface area contributed by atoms with Crippen LogP contribution in [0.4, 0.5) is 0 Å². The molecule has 0 radical (unpaired) electrons. The number of likely N-dealkylation sites (tertiary alicyclic amines) is 1. The molecule has 4 aromatic carbocycles. The Morgan fingerprint density at radius 3 is 2.32 bits per heavy atom. The zero-order valence-corrected chi connectivity index (χ0v) is 28.1. The Morgan fingerprint density at radius 1 is 0.745 bits per heavy atom. The summed E-state index contributed by atoms with van der Waals surface area (Å²) < 4.78 is 25.1. The molecule has 0 atom stereocenters. The normalized spacial score (nSPS) is 15.7. The van der Waals surface area contributed by atoms with E-state index in [1.807, 2.05) is 29.5 Å². The van der Waals surface area contributed by atoms with E-state index >= 15 is 0 Å². The van der Waals surface area contributed by atoms with Gasteiger partial charge in [0.05, 0.1) is 20.3 Å². The molecule has 2 saturated heterocycles. The van der Waals surface area contributed by atoms with E-state index in [-0.39, 0.29) is 0 Å². The van der Waals surface area contributed by atoms with Crippen LogP contribution in [0.25, 0.3) is 20.5 Å². The fourth-order valence-electron chi connectivity index (χ4n) is 6.60. The number of hydrogen-bond donors (Lipinski definition) is 0. The van der Waals surface area contributed by atoms with Gasteiger partial charge < -0.3 is 18.9 Å². The first kappa shape index (κ1) is 31.7. The van der Waals surface area contributed by atoms with Gasteiger partial charge in [0, 0.05) is 41.3 Å². The van der Waals surface area contributed by atoms with Gasteiger partial charge in [0.25, 0.3) is 0 Å². The van der Waals surface area contributed by atoms with Crippen LogP contribution in [-0.4, -0.2) is 69.5 Å². The molecular formula is C40H44N2O4S. The van der Waals surface area contributed by atoms with Crippen LogP contribution in [0, 0.1) is 0 Å². The van der Waals surface area contributed by atoms with Crippen LogP contribution >= 0.6 is 11.3 Å². The molecule has 3 heterocycles. The Balaban J connectivity index is 1.15. The number of ether oxygens (including phenoxy) is 4. The maximum absolute atomic E-state index is 6.23. The van der Waals surface area contributed by atoms with Crippen LogP contribution in [0.15, 0.2) is 91.0 Å². The summed E-state index contributed by atoms with van der Waals surface area (Å²) in [4.78, 5) is 6.20. The van der Waals surface area contributed by atoms with Crippen LogP contribution in [0.2, 0.25) is 0 Å². The lowest BCUT2D eigenvalue weighted by Gasteiger charge is -2.27. The molecule has 0 N–H and O–H groups in total. The monoisotopic (exact) mass is 648 g/mol. The van der Waals surface area contributed by atoms with Crippen LogP contribution in [0.3, 0.4) is 0 Å². The molecule has 0 amide bonds. The maximum Gasteiger partial charge on any atom is 0.123 e. The number of hydrogen-bond acceptors (Lipinski definition) is 7. The average molecular weight is 649 g/mol. The molecule has 2 fully saturated rings. The molecule has 6 nitrogen and oxygen atoms in total. The summed E-state index contributed by atoms with van der Waals surface area (Å²) in [6, 6.07) is 32.2. The van der Waals surface area contributed by atoms with Gasteiger partial charge in [0.1, 0.15) is 30.5 Å². The maximum atomic E-state index is 6.23. The number of fused-ring (bicyclic) bond motifs is 1. The lowest BCUT2D eigenvalue weighted by Crippen LogP contribution is -2.35. The van der Waals surface area contributed by atoms with Gasteiger partial charge in [-0.2, -0.15) is 0 Å². The molecule has 0 bridgehead atoms. The van der Waals surface area contributed by atoms with Crippen LogP contribution in [-0.2, 0) is 24.3 Å². The molecule has 0 unspecified atom stereocenters. The van der Waals surface area contributed by atoms with Crippen molar-refractivity contribution < 1.29 is 18.9 Å². The van der Waals surface area contributed by atoms with Gasteiger partial charge in [0.2, 0.25) is 0 Å². The Morgan fingerprint density at radius 2 is 1.53 bits per heavy atom. The van der Waals surface area contributed by atoms with Gasteiger partial charge in [0.15, 0.2) is 0 Å². The van der Waals surface area contributed by atoms with Gasteiger partial charge in [-0.15, -0.1) is 11.3 Å². The van der Waals surface area contributed by atoms with Crippen molar-refractivity contribution in [2.45, 2.75) is 32.4 Å². The molecule has 2 aliphatic rings. The van der Waals surface area contributed by atoms with E-state index in [1.165, 1.54) is 63.1 Å². The fourth-order valence-corrected chi connectivity index (χ4v) is 7.86. The number of morpholine rings is 1. The molecule has 5 aromatic rings. The standard InChI is InChI=1S/C40H44N2O4S/c1-43-38-26-31(9-10-33(38)28-42-19-22-44-23-20-42)25-37-36-16-15-35(46-29-30-7-3-2-4-8-30)27-39(36)47-40(37)32-11-13-34(14-12-32)45-24-21-41-17-5-6-18-41/h2-4,7-16,26-27H,5-6,17-25,28-29H2,1H3. The van der Waals surface area contributed by atoms with Crippen molar-refractivity contribution >= 4 is 21.4 Å². The van der Waals surface area contributed by atoms with E-state index < -0.39 is 0 Å². The van der Waals surface area contributed by atoms with Crippen molar-refractivity contribution in [3.63, 3.8) is 0 Å². The molecule has 0 spiro atoms. The van der Waals surface area contributed by atoms with Crippen LogP contribution in [0.5, 0.6) is 17.2 Å². The van der Waals surface area contributed by atoms with E-state index in [4.69, 9.17) is 18.9 Å². The summed E-state index contributed by atoms with van der Waals surface area (Å²) in [6.45, 7) is 9.01. The van der Waals surface area contributed by atoms with E-state index in [9.17, 15) is 0 Å². The Hall–Kier alpha value is -3.88. The fraction of sp³-hybridized carbons (Fsp3) is 0.350. The van der Waals surface area contributed by atoms with E-state index in [2.05, 4.69) is 82.6 Å². The van der Waals surface area contributed by atoms with Gasteiger partial charge in [-0.25, -0.2) is 0 Å². The smallest absolute Gasteiger partial charge is 0.123 e. The Labute approximate surface area is 282 Å². The molecule has 0 saturated carbocycles. The average Bonchev–Trinajstić information content (AvgIpc) is 3.77. The highest BCUT2D eigenvalue weighted by atomic mass is 32.1. The van der Waals surface area contributed by atoms with Crippen molar-refractivity contribution in [3.8, 4) is 27.7 Å². The summed E-state index contributed by atoms with van der Waals surface area (Å²) in [5, 5.41) is 1.26. The van der Waals surface area contributed by atoms with Crippen LogP contribution in [0.1, 0.15) is 35.1 Å². The van der Waals surface area contributed by atoms with Crippen molar-refractivity contribution in [1.29, 1.82) is 0 Å². The molecule has 7 rings (SSSR count). The second-order valence-electron chi connectivity index (χ2n) is 12.5. The third-order valence-electron chi connectivity index (χ3n) is 9.23. The van der Waals surface area contributed by atoms with Gasteiger partial charge in [-0.05, 0) is 109 Å². The van der Waals surface area contributed by atoms with Gasteiger partial charge >= 0.3 is 0 Å². The van der Waals surface area contributed by atoms with E-state index in [0.29, 0.717) is 6.61 Å². The molecular weight excluding hydrogens is 605 g/mol. The highest BCUT2D eigenvalue weighted by Crippen LogP contribution is 2.42. The van der Waals surface area contributed by atoms with Crippen molar-refractivity contribution in [3.05, 3.63) is 113 Å². The van der Waals surface area contributed by atoms with E-state index in [1.54, 1.807) is 7.11 Å². The molecule has 2 aliphatic heterocycles. The van der Waals surface area contributed by atoms with Gasteiger partial charge in [-0.1, -0.05) is 42.5 Å². The number of benzene rings is 4. The minimum atomic E-state index is 0.549. The Bertz CT molecular complexity index is 1740. The first-order valence-electron chi connectivity index (χ1n) is 16.9. The summed E-state index contributed by atoms with van der Waals surface area (Å²) >= 11 is 1.83. The summed E-state index contributed by atoms with van der Waals surface area (Å²) in [7, 11) is 1.78. The van der Waals surface area contributed by atoms with Crippen LogP contribution < -0.4 is 14.2 Å².